The molecule has 1 aromatic carbocycles. The molecule has 2 fully saturated rings. The van der Waals surface area contributed by atoms with E-state index in [4.69, 9.17) is 9.15 Å². The van der Waals surface area contributed by atoms with Crippen molar-refractivity contribution in [3.8, 4) is 17.2 Å². The van der Waals surface area contributed by atoms with Gasteiger partial charge in [0.05, 0.1) is 12.4 Å². The average molecular weight is 445 g/mol. The Morgan fingerprint density at radius 2 is 1.94 bits per heavy atom. The molecular formula is C21H24N4O5S. The first kappa shape index (κ1) is 21.4. The van der Waals surface area contributed by atoms with Crippen molar-refractivity contribution in [3.05, 3.63) is 24.3 Å². The van der Waals surface area contributed by atoms with Gasteiger partial charge < -0.3 is 14.1 Å². The molecule has 164 valence electrons. The van der Waals surface area contributed by atoms with Crippen molar-refractivity contribution < 1.29 is 23.5 Å². The molecule has 1 aliphatic heterocycles. The number of piperazine rings is 1. The third-order valence-electron chi connectivity index (χ3n) is 5.61. The number of carbonyl (C=O) groups excluding carboxylic acids is 3. The number of nitrogens with zero attached hydrogens (tertiary/aromatic N) is 3. The number of aromatic nitrogens is 2. The lowest BCUT2D eigenvalue weighted by Crippen LogP contribution is -2.69. The van der Waals surface area contributed by atoms with Crippen molar-refractivity contribution in [2.75, 3.05) is 18.9 Å². The van der Waals surface area contributed by atoms with E-state index in [1.165, 1.54) is 4.90 Å². The topological polar surface area (TPSA) is 115 Å². The number of nitrogens with one attached hydrogen (secondary N) is 1. The Kier molecular flexibility index (Phi) is 6.26. The van der Waals surface area contributed by atoms with Crippen LogP contribution in [0.3, 0.4) is 0 Å². The highest BCUT2D eigenvalue weighted by Crippen LogP contribution is 2.36. The molecule has 2 heterocycles. The van der Waals surface area contributed by atoms with Crippen molar-refractivity contribution in [2.24, 2.45) is 0 Å². The van der Waals surface area contributed by atoms with Crippen molar-refractivity contribution in [2.45, 2.75) is 49.8 Å². The lowest BCUT2D eigenvalue weighted by molar-refractivity contribution is -0.158. The van der Waals surface area contributed by atoms with Crippen LogP contribution in [-0.2, 0) is 14.4 Å². The summed E-state index contributed by atoms with van der Waals surface area (Å²) in [6.07, 6.45) is 3.88. The third-order valence-corrected chi connectivity index (χ3v) is 6.42. The molecule has 2 aliphatic rings. The normalized spacial score (nSPS) is 18.2. The number of hydrogen-bond donors (Lipinski definition) is 1. The molecule has 10 heteroatoms. The van der Waals surface area contributed by atoms with Gasteiger partial charge in [0, 0.05) is 5.56 Å². The summed E-state index contributed by atoms with van der Waals surface area (Å²) in [5, 5.41) is 10.7. The summed E-state index contributed by atoms with van der Waals surface area (Å²) in [6.45, 7) is 2.39. The fourth-order valence-electron chi connectivity index (χ4n) is 4.11. The number of thioether (sulfide) groups is 1. The van der Waals surface area contributed by atoms with E-state index >= 15 is 0 Å². The molecule has 2 aromatic rings. The summed E-state index contributed by atoms with van der Waals surface area (Å²) in [4.78, 5) is 39.0. The maximum Gasteiger partial charge on any atom is 0.277 e. The van der Waals surface area contributed by atoms with Gasteiger partial charge in [-0.3, -0.25) is 19.7 Å². The fraction of sp³-hybridized carbons (Fsp3) is 0.476. The Balaban J connectivity index is 1.42. The third kappa shape index (κ3) is 4.43. The zero-order valence-corrected chi connectivity index (χ0v) is 18.1. The molecule has 3 amide bonds. The zero-order chi connectivity index (χ0) is 21.8. The van der Waals surface area contributed by atoms with Gasteiger partial charge in [-0.25, -0.2) is 0 Å². The molecule has 1 N–H and O–H groups in total. The van der Waals surface area contributed by atoms with Crippen molar-refractivity contribution in [3.63, 3.8) is 0 Å². The summed E-state index contributed by atoms with van der Waals surface area (Å²) in [5.74, 6) is 0.00755. The first-order chi connectivity index (χ1) is 15.0. The number of carbonyl (C=O) groups is 3. The van der Waals surface area contributed by atoms with Crippen LogP contribution in [0.4, 0.5) is 0 Å². The second-order valence-electron chi connectivity index (χ2n) is 7.57. The molecule has 0 radical (unpaired) electrons. The molecular weight excluding hydrogens is 420 g/mol. The van der Waals surface area contributed by atoms with Crippen LogP contribution in [0.25, 0.3) is 11.5 Å². The van der Waals surface area contributed by atoms with Gasteiger partial charge in [0.2, 0.25) is 17.7 Å². The molecule has 0 unspecified atom stereocenters. The van der Waals surface area contributed by atoms with Gasteiger partial charge in [0.15, 0.2) is 0 Å². The summed E-state index contributed by atoms with van der Waals surface area (Å²) in [6, 6.07) is 7.29. The largest absolute Gasteiger partial charge is 0.494 e. The minimum atomic E-state index is -0.924. The summed E-state index contributed by atoms with van der Waals surface area (Å²) >= 11 is 1.10. The highest BCUT2D eigenvalue weighted by molar-refractivity contribution is 7.99. The van der Waals surface area contributed by atoms with Crippen molar-refractivity contribution >= 4 is 29.5 Å². The van der Waals surface area contributed by atoms with Crippen LogP contribution >= 0.6 is 11.8 Å². The van der Waals surface area contributed by atoms with E-state index in [9.17, 15) is 14.4 Å². The minimum absolute atomic E-state index is 0.00716. The second-order valence-corrected chi connectivity index (χ2v) is 8.50. The van der Waals surface area contributed by atoms with Gasteiger partial charge >= 0.3 is 0 Å². The quantitative estimate of drug-likeness (QED) is 0.534. The van der Waals surface area contributed by atoms with Crippen LogP contribution in [0.2, 0.25) is 0 Å². The Bertz CT molecular complexity index is 968. The first-order valence-corrected chi connectivity index (χ1v) is 11.3. The molecule has 0 atom stereocenters. The number of rotatable bonds is 6. The SMILES string of the molecule is CCOc1ccc(-c2nnc(SCC(=O)N3CC(=O)NC(=O)C34CCCCC4)o2)cc1. The van der Waals surface area contributed by atoms with Gasteiger partial charge in [-0.15, -0.1) is 10.2 Å². The number of hydrogen-bond acceptors (Lipinski definition) is 8. The Morgan fingerprint density at radius 1 is 1.19 bits per heavy atom. The fourth-order valence-corrected chi connectivity index (χ4v) is 4.75. The van der Waals surface area contributed by atoms with Gasteiger partial charge in [-0.2, -0.15) is 0 Å². The number of imide groups is 1. The lowest BCUT2D eigenvalue weighted by atomic mass is 9.78. The predicted octanol–water partition coefficient (Wildman–Crippen LogP) is 2.42. The van der Waals surface area contributed by atoms with Crippen molar-refractivity contribution in [1.29, 1.82) is 0 Å². The van der Waals surface area contributed by atoms with Crippen LogP contribution in [0.1, 0.15) is 39.0 Å². The minimum Gasteiger partial charge on any atom is -0.494 e. The van der Waals surface area contributed by atoms with Crippen LogP contribution < -0.4 is 10.1 Å². The Hall–Kier alpha value is -2.88. The average Bonchev–Trinajstić information content (AvgIpc) is 3.25. The molecule has 1 saturated carbocycles. The zero-order valence-electron chi connectivity index (χ0n) is 17.3. The van der Waals surface area contributed by atoms with Gasteiger partial charge in [-0.05, 0) is 44.0 Å². The maximum atomic E-state index is 13.0. The standard InChI is InChI=1S/C21H24N4O5S/c1-2-29-15-8-6-14(7-9-15)18-23-24-20(30-18)31-13-17(27)25-12-16(26)22-19(28)21(25)10-4-3-5-11-21/h6-9H,2-5,10-13H2,1H3,(H,22,26,28). The van der Waals surface area contributed by atoms with E-state index in [-0.39, 0.29) is 29.3 Å². The number of ether oxygens (including phenoxy) is 1. The molecule has 4 rings (SSSR count). The second kappa shape index (κ2) is 9.09. The van der Waals surface area contributed by atoms with Crippen LogP contribution in [0, 0.1) is 0 Å². The molecule has 0 bridgehead atoms. The van der Waals surface area contributed by atoms with E-state index in [2.05, 4.69) is 15.5 Å². The maximum absolute atomic E-state index is 13.0. The van der Waals surface area contributed by atoms with Gasteiger partial charge in [-0.1, -0.05) is 31.0 Å². The molecule has 1 spiro atoms. The Labute approximate surface area is 183 Å². The van der Waals surface area contributed by atoms with Gasteiger partial charge in [0.1, 0.15) is 17.8 Å². The predicted molar refractivity (Wildman–Crippen MR) is 112 cm³/mol. The van der Waals surface area contributed by atoms with Crippen LogP contribution in [-0.4, -0.2) is 57.3 Å². The lowest BCUT2D eigenvalue weighted by Gasteiger charge is -2.47. The molecule has 1 saturated heterocycles. The van der Waals surface area contributed by atoms with E-state index in [1.54, 1.807) is 0 Å². The first-order valence-electron chi connectivity index (χ1n) is 10.4. The van der Waals surface area contributed by atoms with E-state index in [0.29, 0.717) is 25.3 Å². The van der Waals surface area contributed by atoms with E-state index < -0.39 is 11.4 Å². The number of amides is 3. The highest BCUT2D eigenvalue weighted by Gasteiger charge is 2.50. The van der Waals surface area contributed by atoms with E-state index in [1.807, 2.05) is 31.2 Å². The highest BCUT2D eigenvalue weighted by atomic mass is 32.2. The van der Waals surface area contributed by atoms with Crippen LogP contribution in [0.15, 0.2) is 33.9 Å². The van der Waals surface area contributed by atoms with Crippen molar-refractivity contribution in [1.82, 2.24) is 20.4 Å². The summed E-state index contributed by atoms with van der Waals surface area (Å²) in [5.41, 5.74) is -0.180. The molecule has 1 aliphatic carbocycles. The smallest absolute Gasteiger partial charge is 0.277 e. The summed E-state index contributed by atoms with van der Waals surface area (Å²) in [7, 11) is 0. The molecule has 9 nitrogen and oxygen atoms in total. The van der Waals surface area contributed by atoms with Gasteiger partial charge in [0.25, 0.3) is 11.1 Å². The monoisotopic (exact) mass is 444 g/mol. The van der Waals surface area contributed by atoms with E-state index in [0.717, 1.165) is 42.3 Å². The number of benzene rings is 1. The molecule has 1 aromatic heterocycles. The summed E-state index contributed by atoms with van der Waals surface area (Å²) < 4.78 is 11.1. The molecule has 31 heavy (non-hydrogen) atoms. The Morgan fingerprint density at radius 3 is 2.65 bits per heavy atom. The van der Waals surface area contributed by atoms with Crippen LogP contribution in [0.5, 0.6) is 5.75 Å².